The Morgan fingerprint density at radius 1 is 1.06 bits per heavy atom. The monoisotopic (exact) mass is 469 g/mol. The van der Waals surface area contributed by atoms with Gasteiger partial charge in [0, 0.05) is 25.2 Å². The molecule has 4 aliphatic rings. The molecule has 4 saturated heterocycles. The van der Waals surface area contributed by atoms with E-state index in [1.165, 1.54) is 18.4 Å². The zero-order valence-electron chi connectivity index (χ0n) is 19.2. The summed E-state index contributed by atoms with van der Waals surface area (Å²) in [5.74, 6) is 0.710. The Balaban J connectivity index is 1.15. The van der Waals surface area contributed by atoms with Crippen molar-refractivity contribution in [3.63, 3.8) is 0 Å². The van der Waals surface area contributed by atoms with Crippen LogP contribution in [0.4, 0.5) is 4.79 Å². The molecule has 182 valence electrons. The molecular weight excluding hydrogens is 438 g/mol. The first kappa shape index (κ1) is 21.9. The van der Waals surface area contributed by atoms with Crippen LogP contribution >= 0.6 is 0 Å². The van der Waals surface area contributed by atoms with Gasteiger partial charge >= 0.3 is 6.03 Å². The molecule has 2 amide bonds. The fourth-order valence-electron chi connectivity index (χ4n) is 5.44. The number of ether oxygens (including phenoxy) is 3. The second kappa shape index (κ2) is 9.57. The van der Waals surface area contributed by atoms with Gasteiger partial charge in [0.2, 0.25) is 0 Å². The summed E-state index contributed by atoms with van der Waals surface area (Å²) in [4.78, 5) is 16.9. The number of hydrogen-bond acceptors (Lipinski definition) is 8. The molecule has 6 rings (SSSR count). The number of nitrogens with one attached hydrogen (secondary N) is 1. The van der Waals surface area contributed by atoms with Gasteiger partial charge in [0.1, 0.15) is 18.2 Å². The van der Waals surface area contributed by atoms with Crippen molar-refractivity contribution in [1.29, 1.82) is 0 Å². The first-order chi connectivity index (χ1) is 16.8. The number of nitrogens with zero attached hydrogens (tertiary/aromatic N) is 6. The third kappa shape index (κ3) is 4.28. The van der Waals surface area contributed by atoms with Crippen molar-refractivity contribution in [2.75, 3.05) is 52.6 Å². The van der Waals surface area contributed by atoms with Crippen LogP contribution in [0.25, 0.3) is 11.4 Å². The molecule has 11 nitrogen and oxygen atoms in total. The van der Waals surface area contributed by atoms with Gasteiger partial charge in [-0.05, 0) is 48.0 Å². The highest BCUT2D eigenvalue weighted by molar-refractivity contribution is 5.74. The van der Waals surface area contributed by atoms with Crippen LogP contribution < -0.4 is 5.32 Å². The minimum Gasteiger partial charge on any atom is -0.378 e. The molecule has 4 aliphatic heterocycles. The highest BCUT2D eigenvalue weighted by Crippen LogP contribution is 2.36. The second-order valence-electron chi connectivity index (χ2n) is 9.45. The first-order valence-corrected chi connectivity index (χ1v) is 12.2. The van der Waals surface area contributed by atoms with E-state index in [1.807, 2.05) is 10.7 Å². The molecular formula is C23H31N7O4. The molecule has 0 bridgehead atoms. The SMILES string of the molecule is O=C(N[C@H]1CO[C@H]2[C@@H]1OC[C@@H]2n1nnnc1-c1cccc(CN2CCCC2)c1)N1CCOCC1. The second-order valence-corrected chi connectivity index (χ2v) is 9.45. The number of morpholine rings is 1. The minimum atomic E-state index is -0.228. The van der Waals surface area contributed by atoms with E-state index in [0.717, 1.165) is 25.2 Å². The van der Waals surface area contributed by atoms with Gasteiger partial charge in [0.05, 0.1) is 32.5 Å². The number of hydrogen-bond donors (Lipinski definition) is 1. The van der Waals surface area contributed by atoms with E-state index in [-0.39, 0.29) is 30.3 Å². The molecule has 34 heavy (non-hydrogen) atoms. The first-order valence-electron chi connectivity index (χ1n) is 12.2. The number of likely N-dealkylation sites (tertiary alicyclic amines) is 1. The number of fused-ring (bicyclic) bond motifs is 1. The van der Waals surface area contributed by atoms with Gasteiger partial charge in [0.15, 0.2) is 5.82 Å². The highest BCUT2D eigenvalue weighted by atomic mass is 16.6. The predicted molar refractivity (Wildman–Crippen MR) is 121 cm³/mol. The third-order valence-electron chi connectivity index (χ3n) is 7.23. The fourth-order valence-corrected chi connectivity index (χ4v) is 5.44. The van der Waals surface area contributed by atoms with Crippen LogP contribution in [0.5, 0.6) is 0 Å². The van der Waals surface area contributed by atoms with Gasteiger partial charge in [-0.25, -0.2) is 9.48 Å². The zero-order valence-corrected chi connectivity index (χ0v) is 19.2. The van der Waals surface area contributed by atoms with Crippen molar-refractivity contribution in [2.45, 2.75) is 43.7 Å². The smallest absolute Gasteiger partial charge is 0.317 e. The summed E-state index contributed by atoms with van der Waals surface area (Å²) in [6, 6.07) is 8.00. The Labute approximate surface area is 198 Å². The zero-order chi connectivity index (χ0) is 22.9. The molecule has 0 unspecified atom stereocenters. The number of rotatable bonds is 5. The molecule has 0 spiro atoms. The van der Waals surface area contributed by atoms with Crippen LogP contribution in [-0.2, 0) is 20.8 Å². The largest absolute Gasteiger partial charge is 0.378 e. The molecule has 5 heterocycles. The lowest BCUT2D eigenvalue weighted by Gasteiger charge is -2.29. The average Bonchev–Trinajstić information content (AvgIpc) is 3.66. The van der Waals surface area contributed by atoms with Crippen LogP contribution in [0.1, 0.15) is 24.4 Å². The molecule has 4 fully saturated rings. The maximum atomic E-state index is 12.7. The van der Waals surface area contributed by atoms with E-state index in [4.69, 9.17) is 14.2 Å². The summed E-state index contributed by atoms with van der Waals surface area (Å²) in [6.45, 7) is 6.44. The predicted octanol–water partition coefficient (Wildman–Crippen LogP) is 0.685. The third-order valence-corrected chi connectivity index (χ3v) is 7.23. The van der Waals surface area contributed by atoms with Crippen LogP contribution in [0.2, 0.25) is 0 Å². The molecule has 1 aromatic heterocycles. The number of carbonyl (C=O) groups is 1. The number of tetrazole rings is 1. The van der Waals surface area contributed by atoms with Crippen molar-refractivity contribution in [3.05, 3.63) is 29.8 Å². The van der Waals surface area contributed by atoms with Crippen LogP contribution in [0.15, 0.2) is 24.3 Å². The van der Waals surface area contributed by atoms with E-state index in [9.17, 15) is 4.79 Å². The summed E-state index contributed by atoms with van der Waals surface area (Å²) in [5, 5.41) is 15.7. The molecule has 0 aliphatic carbocycles. The number of aromatic nitrogens is 4. The lowest BCUT2D eigenvalue weighted by atomic mass is 10.1. The Hall–Kier alpha value is -2.60. The van der Waals surface area contributed by atoms with Crippen molar-refractivity contribution >= 4 is 6.03 Å². The quantitative estimate of drug-likeness (QED) is 0.682. The van der Waals surface area contributed by atoms with Gasteiger partial charge in [-0.3, -0.25) is 4.90 Å². The summed E-state index contributed by atoms with van der Waals surface area (Å²) in [7, 11) is 0. The topological polar surface area (TPSA) is 107 Å². The van der Waals surface area contributed by atoms with E-state index >= 15 is 0 Å². The summed E-state index contributed by atoms with van der Waals surface area (Å²) >= 11 is 0. The molecule has 1 N–H and O–H groups in total. The van der Waals surface area contributed by atoms with Gasteiger partial charge < -0.3 is 24.4 Å². The van der Waals surface area contributed by atoms with Crippen molar-refractivity contribution < 1.29 is 19.0 Å². The minimum absolute atomic E-state index is 0.0949. The normalized spacial score (nSPS) is 29.5. The van der Waals surface area contributed by atoms with Gasteiger partial charge in [-0.15, -0.1) is 5.10 Å². The number of amides is 2. The van der Waals surface area contributed by atoms with Gasteiger partial charge in [0.25, 0.3) is 0 Å². The van der Waals surface area contributed by atoms with Crippen molar-refractivity contribution in [1.82, 2.24) is 35.3 Å². The van der Waals surface area contributed by atoms with Gasteiger partial charge in [-0.2, -0.15) is 0 Å². The fraction of sp³-hybridized carbons (Fsp3) is 0.652. The summed E-state index contributed by atoms with van der Waals surface area (Å²) in [6.07, 6.45) is 2.10. The van der Waals surface area contributed by atoms with Crippen molar-refractivity contribution in [2.24, 2.45) is 0 Å². The summed E-state index contributed by atoms with van der Waals surface area (Å²) in [5.41, 5.74) is 2.25. The van der Waals surface area contributed by atoms with Crippen LogP contribution in [0.3, 0.4) is 0 Å². The molecule has 0 radical (unpaired) electrons. The van der Waals surface area contributed by atoms with E-state index in [2.05, 4.69) is 43.9 Å². The lowest BCUT2D eigenvalue weighted by molar-refractivity contribution is 0.0485. The van der Waals surface area contributed by atoms with E-state index in [0.29, 0.717) is 45.3 Å². The standard InChI is InChI=1S/C23H31N7O4/c31-23(29-8-10-32-11-9-29)24-18-14-33-21-19(15-34-20(18)21)30-22(25-26-27-30)17-5-3-4-16(12-17)13-28-6-1-2-7-28/h3-5,12,18-21H,1-2,6-11,13-15H2,(H,24,31)/t18-,19-,20+,21+/m0/s1. The maximum Gasteiger partial charge on any atom is 0.317 e. The van der Waals surface area contributed by atoms with Crippen molar-refractivity contribution in [3.8, 4) is 11.4 Å². The van der Waals surface area contributed by atoms with Gasteiger partial charge in [-0.1, -0.05) is 18.2 Å². The number of urea groups is 1. The van der Waals surface area contributed by atoms with E-state index < -0.39 is 0 Å². The number of benzene rings is 1. The highest BCUT2D eigenvalue weighted by Gasteiger charge is 2.50. The molecule has 2 aromatic rings. The Morgan fingerprint density at radius 2 is 1.88 bits per heavy atom. The van der Waals surface area contributed by atoms with E-state index in [1.54, 1.807) is 4.90 Å². The lowest BCUT2D eigenvalue weighted by Crippen LogP contribution is -2.52. The molecule has 1 aromatic carbocycles. The van der Waals surface area contributed by atoms with Crippen LogP contribution in [0, 0.1) is 0 Å². The molecule has 0 saturated carbocycles. The number of carbonyl (C=O) groups excluding carboxylic acids is 1. The maximum absolute atomic E-state index is 12.7. The summed E-state index contributed by atoms with van der Waals surface area (Å²) < 4.78 is 19.4. The Bertz CT molecular complexity index is 1000. The molecule has 4 atom stereocenters. The Morgan fingerprint density at radius 3 is 2.74 bits per heavy atom. The molecule has 11 heteroatoms. The Kier molecular flexibility index (Phi) is 6.16. The average molecular weight is 470 g/mol. The van der Waals surface area contributed by atoms with Crippen LogP contribution in [-0.4, -0.2) is 107 Å².